The first-order valence-corrected chi connectivity index (χ1v) is 5.02. The minimum atomic E-state index is -0.483. The smallest absolute Gasteiger partial charge is 0.377 e. The van der Waals surface area contributed by atoms with Crippen LogP contribution in [-0.2, 0) is 0 Å². The van der Waals surface area contributed by atoms with E-state index >= 15 is 0 Å². The third-order valence-electron chi connectivity index (χ3n) is 2.43. The van der Waals surface area contributed by atoms with Crippen LogP contribution in [0.15, 0.2) is 18.3 Å². The summed E-state index contributed by atoms with van der Waals surface area (Å²) in [5.41, 5.74) is 0.459. The Morgan fingerprint density at radius 2 is 2.31 bits per heavy atom. The fraction of sp³-hybridized carbons (Fsp3) is 0.500. The van der Waals surface area contributed by atoms with Gasteiger partial charge >= 0.3 is 5.82 Å². The molecule has 1 aromatic rings. The fourth-order valence-corrected chi connectivity index (χ4v) is 1.12. The van der Waals surface area contributed by atoms with Crippen molar-refractivity contribution in [1.29, 1.82) is 0 Å². The molecule has 1 rings (SSSR count). The lowest BCUT2D eigenvalue weighted by atomic mass is 10.3. The molecule has 0 bridgehead atoms. The molecule has 88 valence electrons. The van der Waals surface area contributed by atoms with Crippen molar-refractivity contribution < 1.29 is 4.92 Å². The van der Waals surface area contributed by atoms with E-state index in [-0.39, 0.29) is 5.82 Å². The van der Waals surface area contributed by atoms with Gasteiger partial charge in [0.05, 0.1) is 0 Å². The lowest BCUT2D eigenvalue weighted by Gasteiger charge is -2.20. The molecule has 0 fully saturated rings. The van der Waals surface area contributed by atoms with Gasteiger partial charge in [0.2, 0.25) is 0 Å². The summed E-state index contributed by atoms with van der Waals surface area (Å²) in [5.74, 6) is -0.131. The number of nitro groups is 1. The maximum absolute atomic E-state index is 10.7. The van der Waals surface area contributed by atoms with Crippen molar-refractivity contribution >= 4 is 11.5 Å². The van der Waals surface area contributed by atoms with Crippen molar-refractivity contribution in [3.05, 3.63) is 28.4 Å². The number of anilines is 1. The Labute approximate surface area is 94.4 Å². The number of aromatic nitrogens is 1. The molecule has 0 aliphatic rings. The molecule has 0 aliphatic carbocycles. The van der Waals surface area contributed by atoms with Gasteiger partial charge in [-0.15, -0.1) is 0 Å². The first-order valence-electron chi connectivity index (χ1n) is 5.02. The summed E-state index contributed by atoms with van der Waals surface area (Å²) in [6, 6.07) is 3.63. The van der Waals surface area contributed by atoms with Crippen LogP contribution in [0.4, 0.5) is 11.5 Å². The molecule has 1 aromatic heterocycles. The van der Waals surface area contributed by atoms with Gasteiger partial charge in [0, 0.05) is 12.6 Å². The van der Waals surface area contributed by atoms with Gasteiger partial charge in [-0.25, -0.2) is 0 Å². The summed E-state index contributed by atoms with van der Waals surface area (Å²) >= 11 is 0. The molecule has 6 nitrogen and oxygen atoms in total. The van der Waals surface area contributed by atoms with Crippen LogP contribution in [0.1, 0.15) is 6.92 Å². The zero-order chi connectivity index (χ0) is 12.1. The minimum absolute atomic E-state index is 0.131. The van der Waals surface area contributed by atoms with Crippen LogP contribution in [0.2, 0.25) is 0 Å². The predicted octanol–water partition coefficient (Wildman–Crippen LogP) is 1.35. The Kier molecular flexibility index (Phi) is 4.19. The van der Waals surface area contributed by atoms with Gasteiger partial charge in [0.15, 0.2) is 0 Å². The Balaban J connectivity index is 2.70. The minimum Gasteiger partial charge on any atom is -0.377 e. The molecule has 0 saturated carbocycles. The third-order valence-corrected chi connectivity index (χ3v) is 2.43. The maximum atomic E-state index is 10.7. The van der Waals surface area contributed by atoms with Crippen LogP contribution < -0.4 is 5.32 Å². The van der Waals surface area contributed by atoms with E-state index in [1.165, 1.54) is 6.20 Å². The summed E-state index contributed by atoms with van der Waals surface area (Å²) in [7, 11) is 3.92. The molecule has 1 N–H and O–H groups in total. The molecular formula is C10H16N4O2. The average molecular weight is 224 g/mol. The van der Waals surface area contributed by atoms with Crippen LogP contribution in [-0.4, -0.2) is 41.5 Å². The number of nitrogens with one attached hydrogen (secondary N) is 1. The maximum Gasteiger partial charge on any atom is 0.386 e. The van der Waals surface area contributed by atoms with Crippen LogP contribution in [0, 0.1) is 10.1 Å². The van der Waals surface area contributed by atoms with Gasteiger partial charge in [-0.2, -0.15) is 0 Å². The lowest BCUT2D eigenvalue weighted by molar-refractivity contribution is -0.388. The van der Waals surface area contributed by atoms with Crippen molar-refractivity contribution in [2.24, 2.45) is 0 Å². The summed E-state index contributed by atoms with van der Waals surface area (Å²) in [5, 5.41) is 13.7. The average Bonchev–Trinajstić information content (AvgIpc) is 2.25. The van der Waals surface area contributed by atoms with E-state index in [1.54, 1.807) is 12.1 Å². The second-order valence-corrected chi connectivity index (χ2v) is 3.83. The Morgan fingerprint density at radius 3 is 2.88 bits per heavy atom. The molecule has 6 heteroatoms. The molecule has 1 heterocycles. The molecule has 0 radical (unpaired) electrons. The summed E-state index contributed by atoms with van der Waals surface area (Å²) in [4.78, 5) is 16.0. The summed E-state index contributed by atoms with van der Waals surface area (Å²) in [6.45, 7) is 2.68. The van der Waals surface area contributed by atoms with Crippen molar-refractivity contribution in [2.75, 3.05) is 26.0 Å². The number of rotatable bonds is 5. The molecule has 0 saturated heterocycles. The van der Waals surface area contributed by atoms with E-state index in [0.29, 0.717) is 18.3 Å². The monoisotopic (exact) mass is 224 g/mol. The highest BCUT2D eigenvalue weighted by molar-refractivity contribution is 5.56. The Hall–Kier alpha value is -1.69. The van der Waals surface area contributed by atoms with E-state index in [2.05, 4.69) is 10.3 Å². The lowest BCUT2D eigenvalue weighted by Crippen LogP contribution is -2.31. The van der Waals surface area contributed by atoms with E-state index in [1.807, 2.05) is 25.9 Å². The highest BCUT2D eigenvalue weighted by atomic mass is 16.6. The van der Waals surface area contributed by atoms with Gasteiger partial charge in [-0.3, -0.25) is 0 Å². The van der Waals surface area contributed by atoms with Crippen LogP contribution in [0.3, 0.4) is 0 Å². The highest BCUT2D eigenvalue weighted by Crippen LogP contribution is 2.19. The van der Waals surface area contributed by atoms with E-state index in [4.69, 9.17) is 0 Å². The van der Waals surface area contributed by atoms with E-state index in [0.717, 1.165) is 0 Å². The third kappa shape index (κ3) is 3.16. The predicted molar refractivity (Wildman–Crippen MR) is 62.5 cm³/mol. The SMILES string of the molecule is CC(CNc1cccnc1[N+](=O)[O-])N(C)C. The standard InChI is InChI=1S/C10H16N4O2/c1-8(13(2)3)7-12-9-5-4-6-11-10(9)14(15)16/h4-6,8,12H,7H2,1-3H3. The van der Waals surface area contributed by atoms with Crippen molar-refractivity contribution in [1.82, 2.24) is 9.88 Å². The molecule has 1 unspecified atom stereocenters. The van der Waals surface area contributed by atoms with Crippen LogP contribution in [0.5, 0.6) is 0 Å². The number of pyridine rings is 1. The van der Waals surface area contributed by atoms with Crippen molar-refractivity contribution in [3.63, 3.8) is 0 Å². The number of hydrogen-bond acceptors (Lipinski definition) is 5. The molecule has 0 aliphatic heterocycles. The van der Waals surface area contributed by atoms with Crippen molar-refractivity contribution in [2.45, 2.75) is 13.0 Å². The fourth-order valence-electron chi connectivity index (χ4n) is 1.12. The van der Waals surface area contributed by atoms with Gasteiger partial charge in [0.25, 0.3) is 0 Å². The van der Waals surface area contributed by atoms with Gasteiger partial charge in [0.1, 0.15) is 11.9 Å². The quantitative estimate of drug-likeness (QED) is 0.604. The number of likely N-dealkylation sites (N-methyl/N-ethyl adjacent to an activating group) is 1. The number of hydrogen-bond donors (Lipinski definition) is 1. The molecule has 0 amide bonds. The van der Waals surface area contributed by atoms with Crippen LogP contribution in [0.25, 0.3) is 0 Å². The molecule has 0 spiro atoms. The van der Waals surface area contributed by atoms with E-state index < -0.39 is 4.92 Å². The largest absolute Gasteiger partial charge is 0.386 e. The summed E-state index contributed by atoms with van der Waals surface area (Å²) < 4.78 is 0. The second kappa shape index (κ2) is 5.41. The second-order valence-electron chi connectivity index (χ2n) is 3.83. The van der Waals surface area contributed by atoms with Gasteiger partial charge < -0.3 is 20.3 Å². The summed E-state index contributed by atoms with van der Waals surface area (Å²) in [6.07, 6.45) is 1.42. The first kappa shape index (κ1) is 12.4. The first-order chi connectivity index (χ1) is 7.52. The Bertz CT molecular complexity index is 368. The molecule has 0 aromatic carbocycles. The zero-order valence-electron chi connectivity index (χ0n) is 9.67. The molecule has 1 atom stereocenters. The Morgan fingerprint density at radius 1 is 1.62 bits per heavy atom. The number of nitrogens with zero attached hydrogens (tertiary/aromatic N) is 3. The highest BCUT2D eigenvalue weighted by Gasteiger charge is 2.14. The van der Waals surface area contributed by atoms with Gasteiger partial charge in [-0.05, 0) is 43.1 Å². The normalized spacial score (nSPS) is 12.5. The van der Waals surface area contributed by atoms with E-state index in [9.17, 15) is 10.1 Å². The van der Waals surface area contributed by atoms with Crippen molar-refractivity contribution in [3.8, 4) is 0 Å². The zero-order valence-corrected chi connectivity index (χ0v) is 9.67. The topological polar surface area (TPSA) is 71.3 Å². The van der Waals surface area contributed by atoms with Gasteiger partial charge in [-0.1, -0.05) is 0 Å². The van der Waals surface area contributed by atoms with Crippen LogP contribution >= 0.6 is 0 Å². The molecular weight excluding hydrogens is 208 g/mol. The molecule has 16 heavy (non-hydrogen) atoms.